The summed E-state index contributed by atoms with van der Waals surface area (Å²) in [5.41, 5.74) is 8.87. The van der Waals surface area contributed by atoms with Gasteiger partial charge < -0.3 is 5.73 Å². The van der Waals surface area contributed by atoms with E-state index in [2.05, 4.69) is 36.2 Å². The standard InChI is InChI=1S/C16H20N2/c1-12-15-6-5-14(11-13(15)7-10-18-12)16(17)8-3-2-4-9-16/h5-7,10-11H,2-4,8-9,17H2,1H3. The van der Waals surface area contributed by atoms with Crippen molar-refractivity contribution in [1.29, 1.82) is 0 Å². The fraction of sp³-hybridized carbons (Fsp3) is 0.438. The highest BCUT2D eigenvalue weighted by Gasteiger charge is 2.29. The number of benzene rings is 1. The Hall–Kier alpha value is -1.41. The summed E-state index contributed by atoms with van der Waals surface area (Å²) in [5, 5.41) is 2.50. The number of nitrogens with zero attached hydrogens (tertiary/aromatic N) is 1. The first-order valence-corrected chi connectivity index (χ1v) is 6.84. The predicted molar refractivity (Wildman–Crippen MR) is 75.4 cm³/mol. The molecule has 1 fully saturated rings. The lowest BCUT2D eigenvalue weighted by molar-refractivity contribution is 0.302. The Labute approximate surface area is 108 Å². The smallest absolute Gasteiger partial charge is 0.0450 e. The highest BCUT2D eigenvalue weighted by molar-refractivity contribution is 5.85. The minimum atomic E-state index is -0.108. The molecule has 1 saturated carbocycles. The molecule has 94 valence electrons. The molecule has 2 heteroatoms. The molecule has 0 spiro atoms. The zero-order valence-corrected chi connectivity index (χ0v) is 10.9. The lowest BCUT2D eigenvalue weighted by Gasteiger charge is -2.34. The highest BCUT2D eigenvalue weighted by atomic mass is 14.7. The number of pyridine rings is 1. The van der Waals surface area contributed by atoms with Gasteiger partial charge in [0.15, 0.2) is 0 Å². The van der Waals surface area contributed by atoms with Crippen LogP contribution in [0.2, 0.25) is 0 Å². The quantitative estimate of drug-likeness (QED) is 0.826. The number of aryl methyl sites for hydroxylation is 1. The van der Waals surface area contributed by atoms with Gasteiger partial charge in [-0.05, 0) is 42.8 Å². The van der Waals surface area contributed by atoms with E-state index in [1.54, 1.807) is 0 Å². The van der Waals surface area contributed by atoms with Crippen LogP contribution in [0.25, 0.3) is 10.8 Å². The van der Waals surface area contributed by atoms with Crippen LogP contribution in [0.15, 0.2) is 30.5 Å². The van der Waals surface area contributed by atoms with Crippen LogP contribution in [0.1, 0.15) is 43.4 Å². The number of aromatic nitrogens is 1. The average molecular weight is 240 g/mol. The van der Waals surface area contributed by atoms with Crippen LogP contribution in [-0.2, 0) is 5.54 Å². The van der Waals surface area contributed by atoms with Gasteiger partial charge in [-0.2, -0.15) is 0 Å². The minimum absolute atomic E-state index is 0.108. The number of rotatable bonds is 1. The Morgan fingerprint density at radius 3 is 2.67 bits per heavy atom. The average Bonchev–Trinajstić information content (AvgIpc) is 2.39. The van der Waals surface area contributed by atoms with Crippen molar-refractivity contribution < 1.29 is 0 Å². The lowest BCUT2D eigenvalue weighted by atomic mass is 9.77. The van der Waals surface area contributed by atoms with Gasteiger partial charge in [0.05, 0.1) is 0 Å². The van der Waals surface area contributed by atoms with Crippen LogP contribution >= 0.6 is 0 Å². The van der Waals surface area contributed by atoms with Gasteiger partial charge in [0.1, 0.15) is 0 Å². The van der Waals surface area contributed by atoms with Crippen molar-refractivity contribution in [2.45, 2.75) is 44.6 Å². The van der Waals surface area contributed by atoms with Crippen molar-refractivity contribution >= 4 is 10.8 Å². The lowest BCUT2D eigenvalue weighted by Crippen LogP contribution is -2.38. The molecule has 2 aromatic rings. The third-order valence-corrected chi connectivity index (χ3v) is 4.28. The maximum atomic E-state index is 6.59. The Balaban J connectivity index is 2.08. The molecule has 2 N–H and O–H groups in total. The van der Waals surface area contributed by atoms with Crippen LogP contribution in [-0.4, -0.2) is 4.98 Å². The Bertz CT molecular complexity index is 568. The normalized spacial score (nSPS) is 19.0. The van der Waals surface area contributed by atoms with Gasteiger partial charge >= 0.3 is 0 Å². The highest BCUT2D eigenvalue weighted by Crippen LogP contribution is 2.36. The van der Waals surface area contributed by atoms with Crippen molar-refractivity contribution in [3.63, 3.8) is 0 Å². The number of fused-ring (bicyclic) bond motifs is 1. The third-order valence-electron chi connectivity index (χ3n) is 4.28. The van der Waals surface area contributed by atoms with Crippen molar-refractivity contribution in [2.75, 3.05) is 0 Å². The SMILES string of the molecule is Cc1nccc2cc(C3(N)CCCCC3)ccc12. The topological polar surface area (TPSA) is 38.9 Å². The molecule has 1 aromatic carbocycles. The summed E-state index contributed by atoms with van der Waals surface area (Å²) in [6.45, 7) is 2.06. The molecule has 1 aliphatic carbocycles. The van der Waals surface area contributed by atoms with Crippen molar-refractivity contribution in [3.05, 3.63) is 41.7 Å². The molecule has 0 atom stereocenters. The zero-order valence-electron chi connectivity index (χ0n) is 10.9. The van der Waals surface area contributed by atoms with E-state index >= 15 is 0 Å². The van der Waals surface area contributed by atoms with Gasteiger partial charge in [-0.15, -0.1) is 0 Å². The fourth-order valence-corrected chi connectivity index (χ4v) is 3.11. The Kier molecular flexibility index (Phi) is 2.83. The van der Waals surface area contributed by atoms with Gasteiger partial charge in [-0.25, -0.2) is 0 Å². The monoisotopic (exact) mass is 240 g/mol. The van der Waals surface area contributed by atoms with Crippen molar-refractivity contribution in [1.82, 2.24) is 4.98 Å². The number of hydrogen-bond donors (Lipinski definition) is 1. The fourth-order valence-electron chi connectivity index (χ4n) is 3.11. The molecule has 0 unspecified atom stereocenters. The first-order chi connectivity index (χ1) is 8.69. The largest absolute Gasteiger partial charge is 0.321 e. The number of hydrogen-bond acceptors (Lipinski definition) is 2. The van der Waals surface area contributed by atoms with Crippen LogP contribution < -0.4 is 5.73 Å². The predicted octanol–water partition coefficient (Wildman–Crippen LogP) is 3.66. The van der Waals surface area contributed by atoms with E-state index < -0.39 is 0 Å². The Morgan fingerprint density at radius 1 is 1.11 bits per heavy atom. The van der Waals surface area contributed by atoms with E-state index in [1.165, 1.54) is 35.6 Å². The molecule has 0 amide bonds. The molecule has 0 radical (unpaired) electrons. The summed E-state index contributed by atoms with van der Waals surface area (Å²) in [5.74, 6) is 0. The molecule has 0 aliphatic heterocycles. The van der Waals surface area contributed by atoms with E-state index in [1.807, 2.05) is 6.20 Å². The van der Waals surface area contributed by atoms with Crippen molar-refractivity contribution in [3.8, 4) is 0 Å². The van der Waals surface area contributed by atoms with E-state index in [9.17, 15) is 0 Å². The summed E-state index contributed by atoms with van der Waals surface area (Å²) in [7, 11) is 0. The van der Waals surface area contributed by atoms with Crippen molar-refractivity contribution in [2.24, 2.45) is 5.73 Å². The molecule has 3 rings (SSSR count). The molecule has 1 aliphatic rings. The molecule has 18 heavy (non-hydrogen) atoms. The van der Waals surface area contributed by atoms with E-state index in [0.29, 0.717) is 0 Å². The van der Waals surface area contributed by atoms with Crippen LogP contribution in [0.5, 0.6) is 0 Å². The first kappa shape index (κ1) is 11.7. The first-order valence-electron chi connectivity index (χ1n) is 6.84. The molecule has 1 aromatic heterocycles. The van der Waals surface area contributed by atoms with Gasteiger partial charge in [0.25, 0.3) is 0 Å². The molecular formula is C16H20N2. The molecular weight excluding hydrogens is 220 g/mol. The van der Waals surface area contributed by atoms with Gasteiger partial charge in [-0.1, -0.05) is 31.4 Å². The summed E-state index contributed by atoms with van der Waals surface area (Å²) < 4.78 is 0. The zero-order chi connectivity index (χ0) is 12.6. The second-order valence-electron chi connectivity index (χ2n) is 5.55. The van der Waals surface area contributed by atoms with E-state index in [-0.39, 0.29) is 5.54 Å². The molecule has 2 nitrogen and oxygen atoms in total. The van der Waals surface area contributed by atoms with Gasteiger partial charge in [-0.3, -0.25) is 4.98 Å². The molecule has 0 saturated heterocycles. The molecule has 0 bridgehead atoms. The van der Waals surface area contributed by atoms with E-state index in [4.69, 9.17) is 5.73 Å². The number of nitrogens with two attached hydrogens (primary N) is 1. The van der Waals surface area contributed by atoms with Crippen LogP contribution in [0.3, 0.4) is 0 Å². The maximum Gasteiger partial charge on any atom is 0.0450 e. The second-order valence-corrected chi connectivity index (χ2v) is 5.55. The van der Waals surface area contributed by atoms with Gasteiger partial charge in [0.2, 0.25) is 0 Å². The minimum Gasteiger partial charge on any atom is -0.321 e. The maximum absolute atomic E-state index is 6.59. The third kappa shape index (κ3) is 1.91. The molecule has 1 heterocycles. The van der Waals surface area contributed by atoms with Gasteiger partial charge in [0, 0.05) is 22.8 Å². The summed E-state index contributed by atoms with van der Waals surface area (Å²) >= 11 is 0. The summed E-state index contributed by atoms with van der Waals surface area (Å²) in [4.78, 5) is 4.34. The summed E-state index contributed by atoms with van der Waals surface area (Å²) in [6, 6.07) is 8.71. The second kappa shape index (κ2) is 4.36. The van der Waals surface area contributed by atoms with Crippen LogP contribution in [0.4, 0.5) is 0 Å². The summed E-state index contributed by atoms with van der Waals surface area (Å²) in [6.07, 6.45) is 7.94. The van der Waals surface area contributed by atoms with E-state index in [0.717, 1.165) is 18.5 Å². The Morgan fingerprint density at radius 2 is 1.89 bits per heavy atom. The van der Waals surface area contributed by atoms with Crippen LogP contribution in [0, 0.1) is 6.92 Å².